The van der Waals surface area contributed by atoms with Crippen LogP contribution < -0.4 is 0 Å². The molecule has 0 fully saturated rings. The number of aryl methyl sites for hydroxylation is 3. The minimum absolute atomic E-state index is 0.459. The van der Waals surface area contributed by atoms with E-state index in [9.17, 15) is 0 Å². The molecular weight excluding hydrogens is 509 g/mol. The molecule has 3 heterocycles. The smallest absolute Gasteiger partial charge is 0.386 e. The van der Waals surface area contributed by atoms with Gasteiger partial charge in [0.15, 0.2) is 0 Å². The van der Waals surface area contributed by atoms with E-state index in [1.165, 1.54) is 0 Å². The van der Waals surface area contributed by atoms with E-state index in [1.54, 1.807) is 0 Å². The molecule has 0 unspecified atom stereocenters. The number of benzene rings is 3. The van der Waals surface area contributed by atoms with E-state index in [0.717, 1.165) is 52.4 Å². The Balaban J connectivity index is 0.989. The Morgan fingerprint density at radius 2 is 0.800 bits per heavy atom. The van der Waals surface area contributed by atoms with E-state index in [0.29, 0.717) is 39.5 Å². The molecule has 3 aromatic carbocycles. The topological polar surface area (TPSA) is 120 Å². The zero-order valence-electron chi connectivity index (χ0n) is 22.1. The first-order valence-corrected chi connectivity index (χ1v) is 13.5. The van der Waals surface area contributed by atoms with Crippen molar-refractivity contribution in [1.82, 2.24) is 45.0 Å². The molecule has 0 spiro atoms. The van der Waals surface area contributed by atoms with Crippen LogP contribution in [0.25, 0.3) is 33.1 Å². The van der Waals surface area contributed by atoms with Crippen molar-refractivity contribution in [3.05, 3.63) is 72.8 Å². The number of hydrogen-bond acceptors (Lipinski definition) is 9. The molecule has 0 aliphatic rings. The molecule has 0 amide bonds. The molecule has 0 aliphatic carbocycles. The summed E-state index contributed by atoms with van der Waals surface area (Å²) < 4.78 is 23.6. The fourth-order valence-corrected chi connectivity index (χ4v) is 4.57. The van der Waals surface area contributed by atoms with Crippen molar-refractivity contribution in [1.29, 1.82) is 0 Å². The van der Waals surface area contributed by atoms with Crippen molar-refractivity contribution in [2.75, 3.05) is 19.8 Å². The van der Waals surface area contributed by atoms with Crippen molar-refractivity contribution in [2.45, 2.75) is 38.9 Å². The van der Waals surface area contributed by atoms with Gasteiger partial charge >= 0.3 is 7.32 Å². The van der Waals surface area contributed by atoms with Crippen molar-refractivity contribution in [3.63, 3.8) is 0 Å². The standard InChI is InChI=1S/C27H30BN9O3/c1-4-13-25-22(10-1)29-32-35(25)16-7-19-38-28(39-20-8-17-36-26-14-5-2-11-23(26)30-33-36)40-21-9-18-37-27-15-6-3-12-24(27)31-34-37/h1-6,10-15H,7-9,16-21H2. The molecule has 12 nitrogen and oxygen atoms in total. The van der Waals surface area contributed by atoms with Crippen LogP contribution in [0.1, 0.15) is 19.3 Å². The van der Waals surface area contributed by atoms with Gasteiger partial charge in [-0.15, -0.1) is 15.3 Å². The molecule has 0 saturated carbocycles. The normalized spacial score (nSPS) is 11.7. The van der Waals surface area contributed by atoms with Gasteiger partial charge in [-0.3, -0.25) is 0 Å². The number of nitrogens with zero attached hydrogens (tertiary/aromatic N) is 9. The third kappa shape index (κ3) is 6.17. The van der Waals surface area contributed by atoms with E-state index in [2.05, 4.69) is 30.9 Å². The summed E-state index contributed by atoms with van der Waals surface area (Å²) in [6.45, 7) is 3.44. The lowest BCUT2D eigenvalue weighted by atomic mass is 10.2. The van der Waals surface area contributed by atoms with Crippen LogP contribution in [-0.4, -0.2) is 72.1 Å². The van der Waals surface area contributed by atoms with Gasteiger partial charge < -0.3 is 14.0 Å². The molecule has 0 bridgehead atoms. The summed E-state index contributed by atoms with van der Waals surface area (Å²) in [5.74, 6) is 0. The first kappa shape index (κ1) is 26.0. The Kier molecular flexibility index (Phi) is 8.32. The van der Waals surface area contributed by atoms with Crippen LogP contribution in [0.5, 0.6) is 0 Å². The van der Waals surface area contributed by atoms with E-state index < -0.39 is 7.32 Å². The second-order valence-electron chi connectivity index (χ2n) is 9.37. The summed E-state index contributed by atoms with van der Waals surface area (Å²) in [6.07, 6.45) is 2.23. The van der Waals surface area contributed by atoms with Gasteiger partial charge in [0, 0.05) is 39.5 Å². The highest BCUT2D eigenvalue weighted by Crippen LogP contribution is 2.13. The molecule has 6 rings (SSSR count). The van der Waals surface area contributed by atoms with Gasteiger partial charge in [0.1, 0.15) is 16.6 Å². The van der Waals surface area contributed by atoms with Gasteiger partial charge in [-0.1, -0.05) is 52.0 Å². The first-order chi connectivity index (χ1) is 19.8. The highest BCUT2D eigenvalue weighted by Gasteiger charge is 2.21. The molecule has 0 atom stereocenters. The van der Waals surface area contributed by atoms with Crippen molar-refractivity contribution < 1.29 is 14.0 Å². The number of aromatic nitrogens is 9. The van der Waals surface area contributed by atoms with Gasteiger partial charge in [-0.05, 0) is 55.7 Å². The Bertz CT molecular complexity index is 1470. The Morgan fingerprint density at radius 3 is 1.15 bits per heavy atom. The van der Waals surface area contributed by atoms with E-state index in [1.807, 2.05) is 86.8 Å². The highest BCUT2D eigenvalue weighted by molar-refractivity contribution is 6.36. The number of rotatable bonds is 15. The average molecular weight is 539 g/mol. The Morgan fingerprint density at radius 1 is 0.475 bits per heavy atom. The Labute approximate surface area is 231 Å². The van der Waals surface area contributed by atoms with Crippen molar-refractivity contribution in [2.24, 2.45) is 0 Å². The molecule has 6 aromatic rings. The van der Waals surface area contributed by atoms with Crippen LogP contribution in [0.15, 0.2) is 72.8 Å². The number of fused-ring (bicyclic) bond motifs is 3. The predicted molar refractivity (Wildman–Crippen MR) is 150 cm³/mol. The van der Waals surface area contributed by atoms with Crippen LogP contribution in [-0.2, 0) is 33.6 Å². The van der Waals surface area contributed by atoms with E-state index in [4.69, 9.17) is 14.0 Å². The van der Waals surface area contributed by atoms with E-state index >= 15 is 0 Å². The monoisotopic (exact) mass is 539 g/mol. The number of hydrogen-bond donors (Lipinski definition) is 0. The lowest BCUT2D eigenvalue weighted by Gasteiger charge is -2.15. The summed E-state index contributed by atoms with van der Waals surface area (Å²) in [6, 6.07) is 23.8. The molecule has 40 heavy (non-hydrogen) atoms. The van der Waals surface area contributed by atoms with Crippen LogP contribution >= 0.6 is 0 Å². The van der Waals surface area contributed by atoms with Crippen molar-refractivity contribution in [3.8, 4) is 0 Å². The van der Waals surface area contributed by atoms with Gasteiger partial charge in [-0.2, -0.15) is 0 Å². The fourth-order valence-electron chi connectivity index (χ4n) is 4.57. The first-order valence-electron chi connectivity index (χ1n) is 13.5. The highest BCUT2D eigenvalue weighted by atomic mass is 16.7. The van der Waals surface area contributed by atoms with Crippen LogP contribution in [0.4, 0.5) is 0 Å². The van der Waals surface area contributed by atoms with Crippen LogP contribution in [0.3, 0.4) is 0 Å². The maximum atomic E-state index is 5.99. The summed E-state index contributed by atoms with van der Waals surface area (Å²) >= 11 is 0. The fraction of sp³-hybridized carbons (Fsp3) is 0.333. The van der Waals surface area contributed by atoms with Crippen LogP contribution in [0, 0.1) is 0 Å². The SMILES string of the molecule is c1ccc2c(c1)nnn2CCCOB(OCCCn1nnc2ccccc21)OCCCn1nnc2ccccc21. The molecule has 0 aliphatic heterocycles. The molecule has 204 valence electrons. The third-order valence-electron chi connectivity index (χ3n) is 6.57. The average Bonchev–Trinajstić information content (AvgIpc) is 3.72. The van der Waals surface area contributed by atoms with Crippen LogP contribution in [0.2, 0.25) is 0 Å². The summed E-state index contributed by atoms with van der Waals surface area (Å²) in [4.78, 5) is 0. The quantitative estimate of drug-likeness (QED) is 0.143. The molecule has 13 heteroatoms. The second-order valence-corrected chi connectivity index (χ2v) is 9.37. The largest absolute Gasteiger partial charge is 0.639 e. The van der Waals surface area contributed by atoms with Crippen molar-refractivity contribution >= 4 is 40.4 Å². The summed E-state index contributed by atoms with van der Waals surface area (Å²) in [5.41, 5.74) is 5.67. The maximum Gasteiger partial charge on any atom is 0.639 e. The van der Waals surface area contributed by atoms with Gasteiger partial charge in [0.05, 0.1) is 16.6 Å². The molecule has 3 aromatic heterocycles. The molecule has 0 saturated heterocycles. The minimum Gasteiger partial charge on any atom is -0.386 e. The van der Waals surface area contributed by atoms with Gasteiger partial charge in [0.2, 0.25) is 0 Å². The van der Waals surface area contributed by atoms with E-state index in [-0.39, 0.29) is 0 Å². The lowest BCUT2D eigenvalue weighted by molar-refractivity contribution is 0.0869. The maximum absolute atomic E-state index is 5.99. The summed E-state index contributed by atoms with van der Waals surface area (Å²) in [7, 11) is -0.771. The summed E-state index contributed by atoms with van der Waals surface area (Å²) in [5, 5.41) is 25.4. The third-order valence-corrected chi connectivity index (χ3v) is 6.57. The van der Waals surface area contributed by atoms with Gasteiger partial charge in [0.25, 0.3) is 0 Å². The zero-order valence-corrected chi connectivity index (χ0v) is 22.1. The lowest BCUT2D eigenvalue weighted by Crippen LogP contribution is -2.29. The molecular formula is C27H30BN9O3. The molecule has 0 N–H and O–H groups in total. The second kappa shape index (κ2) is 12.8. The Hall–Kier alpha value is -4.20. The molecule has 0 radical (unpaired) electrons. The van der Waals surface area contributed by atoms with Gasteiger partial charge in [-0.25, -0.2) is 14.0 Å². The predicted octanol–water partition coefficient (Wildman–Crippen LogP) is 3.53. The zero-order chi connectivity index (χ0) is 27.0. The number of para-hydroxylation sites is 3. The minimum atomic E-state index is -0.771.